The minimum Gasteiger partial charge on any atom is -0.497 e. The normalized spacial score (nSPS) is 10.5. The van der Waals surface area contributed by atoms with Gasteiger partial charge >= 0.3 is 0 Å². The van der Waals surface area contributed by atoms with Gasteiger partial charge in [-0.05, 0) is 41.8 Å². The van der Waals surface area contributed by atoms with Crippen molar-refractivity contribution in [2.45, 2.75) is 33.2 Å². The van der Waals surface area contributed by atoms with Crippen molar-refractivity contribution in [3.8, 4) is 11.8 Å². The van der Waals surface area contributed by atoms with Crippen LogP contribution in [0.2, 0.25) is 0 Å². The van der Waals surface area contributed by atoms with Gasteiger partial charge in [0.25, 0.3) is 5.91 Å². The summed E-state index contributed by atoms with van der Waals surface area (Å²) in [7, 11) is 1.55. The van der Waals surface area contributed by atoms with Crippen LogP contribution in [0.5, 0.6) is 5.75 Å². The van der Waals surface area contributed by atoms with Crippen molar-refractivity contribution in [1.82, 2.24) is 19.8 Å². The molecular weight excluding hydrogens is 516 g/mol. The van der Waals surface area contributed by atoms with Crippen LogP contribution in [-0.4, -0.2) is 64.2 Å². The Hall–Kier alpha value is -4.30. The molecule has 2 heterocycles. The number of nitriles is 1. The van der Waals surface area contributed by atoms with Gasteiger partial charge in [0.05, 0.1) is 31.7 Å². The minimum atomic E-state index is -0.378. The highest BCUT2D eigenvalue weighted by Crippen LogP contribution is 2.18. The molecule has 0 bridgehead atoms. The second kappa shape index (κ2) is 14.6. The minimum absolute atomic E-state index is 0.0352. The molecule has 0 aliphatic rings. The van der Waals surface area contributed by atoms with Crippen molar-refractivity contribution in [3.05, 3.63) is 71.0 Å². The first kappa shape index (κ1) is 29.3. The quantitative estimate of drug-likeness (QED) is 0.344. The van der Waals surface area contributed by atoms with E-state index < -0.39 is 0 Å². The van der Waals surface area contributed by atoms with Gasteiger partial charge in [-0.2, -0.15) is 5.26 Å². The van der Waals surface area contributed by atoms with Crippen LogP contribution in [0.25, 0.3) is 0 Å². The third-order valence-electron chi connectivity index (χ3n) is 5.62. The highest BCUT2D eigenvalue weighted by atomic mass is 32.1. The maximum Gasteiger partial charge on any atom is 0.254 e. The predicted molar refractivity (Wildman–Crippen MR) is 148 cm³/mol. The molecule has 39 heavy (non-hydrogen) atoms. The number of pyridine rings is 1. The molecule has 0 radical (unpaired) electrons. The number of hydrogen-bond donors (Lipinski definition) is 1. The Bertz CT molecular complexity index is 1290. The van der Waals surface area contributed by atoms with Crippen LogP contribution >= 0.6 is 11.3 Å². The van der Waals surface area contributed by atoms with Crippen molar-refractivity contribution in [2.24, 2.45) is 5.92 Å². The lowest BCUT2D eigenvalue weighted by atomic mass is 10.1. The molecule has 3 rings (SSSR count). The Kier molecular flexibility index (Phi) is 10.9. The Morgan fingerprint density at radius 2 is 1.92 bits per heavy atom. The molecule has 0 aliphatic carbocycles. The van der Waals surface area contributed by atoms with E-state index in [0.717, 1.165) is 5.56 Å². The topological polar surface area (TPSA) is 129 Å². The zero-order valence-corrected chi connectivity index (χ0v) is 23.1. The van der Waals surface area contributed by atoms with Crippen LogP contribution in [0.3, 0.4) is 0 Å². The van der Waals surface area contributed by atoms with Crippen LogP contribution in [-0.2, 0) is 22.6 Å². The molecule has 0 fully saturated rings. The lowest BCUT2D eigenvalue weighted by molar-refractivity contribution is -0.131. The van der Waals surface area contributed by atoms with Crippen LogP contribution in [0, 0.1) is 17.2 Å². The van der Waals surface area contributed by atoms with E-state index in [4.69, 9.17) is 10.00 Å². The number of nitrogens with one attached hydrogen (secondary N) is 1. The maximum atomic E-state index is 13.1. The average molecular weight is 549 g/mol. The SMILES string of the molecule is COc1ccc(C(=O)N(CC(=O)Nc2nc(CC(=O)N(CCC#N)Cc3cccnc3)cs2)CC(C)C)cc1. The molecule has 0 spiro atoms. The summed E-state index contributed by atoms with van der Waals surface area (Å²) in [4.78, 5) is 50.5. The van der Waals surface area contributed by atoms with Gasteiger partial charge < -0.3 is 19.9 Å². The van der Waals surface area contributed by atoms with E-state index in [1.807, 2.05) is 19.9 Å². The molecule has 0 saturated heterocycles. The summed E-state index contributed by atoms with van der Waals surface area (Å²) in [5.41, 5.74) is 1.85. The van der Waals surface area contributed by atoms with Crippen molar-refractivity contribution >= 4 is 34.2 Å². The van der Waals surface area contributed by atoms with Gasteiger partial charge in [-0.25, -0.2) is 4.98 Å². The average Bonchev–Trinajstić information content (AvgIpc) is 3.36. The largest absolute Gasteiger partial charge is 0.497 e. The number of carbonyl (C=O) groups excluding carboxylic acids is 3. The third kappa shape index (κ3) is 9.19. The van der Waals surface area contributed by atoms with E-state index in [1.54, 1.807) is 60.1 Å². The van der Waals surface area contributed by atoms with Gasteiger partial charge in [0.15, 0.2) is 5.13 Å². The molecule has 10 nitrogen and oxygen atoms in total. The molecule has 2 aromatic heterocycles. The number of aromatic nitrogens is 2. The number of amides is 3. The number of methoxy groups -OCH3 is 1. The van der Waals surface area contributed by atoms with E-state index in [-0.39, 0.29) is 43.0 Å². The first-order chi connectivity index (χ1) is 18.8. The molecule has 1 aromatic carbocycles. The molecule has 0 unspecified atom stereocenters. The van der Waals surface area contributed by atoms with Gasteiger partial charge in [-0.1, -0.05) is 19.9 Å². The fraction of sp³-hybridized carbons (Fsp3) is 0.357. The van der Waals surface area contributed by atoms with Crippen LogP contribution in [0.15, 0.2) is 54.2 Å². The summed E-state index contributed by atoms with van der Waals surface area (Å²) in [6.07, 6.45) is 3.60. The van der Waals surface area contributed by atoms with E-state index in [1.165, 1.54) is 16.2 Å². The highest BCUT2D eigenvalue weighted by Gasteiger charge is 2.21. The molecule has 3 aromatic rings. The van der Waals surface area contributed by atoms with Crippen molar-refractivity contribution in [1.29, 1.82) is 5.26 Å². The monoisotopic (exact) mass is 548 g/mol. The Balaban J connectivity index is 1.61. The smallest absolute Gasteiger partial charge is 0.254 e. The van der Waals surface area contributed by atoms with Crippen LogP contribution in [0.1, 0.15) is 41.9 Å². The molecular formula is C28H32N6O4S. The molecule has 3 amide bonds. The fourth-order valence-corrected chi connectivity index (χ4v) is 4.54. The molecule has 0 aliphatic heterocycles. The Morgan fingerprint density at radius 3 is 2.56 bits per heavy atom. The molecule has 0 atom stereocenters. The molecule has 204 valence electrons. The standard InChI is InChI=1S/C28H32N6O4S/c1-20(2)16-34(27(37)22-7-9-24(38-3)10-8-22)18-25(35)32-28-31-23(19-39-28)14-26(36)33(13-5-11-29)17-21-6-4-12-30-15-21/h4,6-10,12,15,19-20H,5,13-14,16-18H2,1-3H3,(H,31,32,35). The second-order valence-corrected chi connectivity index (χ2v) is 10.1. The number of anilines is 1. The second-order valence-electron chi connectivity index (χ2n) is 9.26. The lowest BCUT2D eigenvalue weighted by Gasteiger charge is -2.24. The lowest BCUT2D eigenvalue weighted by Crippen LogP contribution is -2.40. The summed E-state index contributed by atoms with van der Waals surface area (Å²) in [6.45, 7) is 4.87. The van der Waals surface area contributed by atoms with Crippen molar-refractivity contribution < 1.29 is 19.1 Å². The number of rotatable bonds is 13. The third-order valence-corrected chi connectivity index (χ3v) is 6.42. The van der Waals surface area contributed by atoms with E-state index in [9.17, 15) is 14.4 Å². The number of thiazole rings is 1. The maximum absolute atomic E-state index is 13.1. The zero-order chi connectivity index (χ0) is 28.2. The van der Waals surface area contributed by atoms with Crippen LogP contribution in [0.4, 0.5) is 5.13 Å². The van der Waals surface area contributed by atoms with E-state index in [2.05, 4.69) is 21.4 Å². The zero-order valence-electron chi connectivity index (χ0n) is 22.3. The first-order valence-electron chi connectivity index (χ1n) is 12.5. The number of nitrogens with zero attached hydrogens (tertiary/aromatic N) is 5. The van der Waals surface area contributed by atoms with Gasteiger partial charge in [-0.15, -0.1) is 11.3 Å². The molecule has 1 N–H and O–H groups in total. The van der Waals surface area contributed by atoms with Gasteiger partial charge in [-0.3, -0.25) is 19.4 Å². The number of carbonyl (C=O) groups is 3. The van der Waals surface area contributed by atoms with Crippen molar-refractivity contribution in [2.75, 3.05) is 32.1 Å². The van der Waals surface area contributed by atoms with Gasteiger partial charge in [0.1, 0.15) is 12.3 Å². The summed E-state index contributed by atoms with van der Waals surface area (Å²) in [6, 6.07) is 12.5. The molecule has 0 saturated carbocycles. The van der Waals surface area contributed by atoms with Crippen molar-refractivity contribution in [3.63, 3.8) is 0 Å². The summed E-state index contributed by atoms with van der Waals surface area (Å²) < 4.78 is 5.15. The summed E-state index contributed by atoms with van der Waals surface area (Å²) in [5.74, 6) is -0.00316. The predicted octanol–water partition coefficient (Wildman–Crippen LogP) is 3.77. The number of hydrogen-bond acceptors (Lipinski definition) is 8. The number of ether oxygens (including phenoxy) is 1. The highest BCUT2D eigenvalue weighted by molar-refractivity contribution is 7.13. The summed E-state index contributed by atoms with van der Waals surface area (Å²) >= 11 is 1.21. The number of benzene rings is 1. The fourth-order valence-electron chi connectivity index (χ4n) is 3.81. The van der Waals surface area contributed by atoms with Crippen LogP contribution < -0.4 is 10.1 Å². The first-order valence-corrected chi connectivity index (χ1v) is 13.4. The Labute approximate surface area is 232 Å². The molecule has 11 heteroatoms. The summed E-state index contributed by atoms with van der Waals surface area (Å²) in [5, 5.41) is 13.8. The van der Waals surface area contributed by atoms with E-state index in [0.29, 0.717) is 41.8 Å². The Morgan fingerprint density at radius 1 is 1.15 bits per heavy atom. The van der Waals surface area contributed by atoms with Gasteiger partial charge in [0.2, 0.25) is 11.8 Å². The van der Waals surface area contributed by atoms with E-state index >= 15 is 0 Å². The van der Waals surface area contributed by atoms with Gasteiger partial charge in [0, 0.05) is 43.0 Å².